The smallest absolute Gasteiger partial charge is 0.295 e. The number of benzene rings is 2. The SMILES string of the molecule is CCCCOc1ccc(/C(O)=C2\C(=O)C(=O)N(CCCN3CCOCC3)C2c2cc(OC)c(OC)c(OC)c2)cc1. The van der Waals surface area contributed by atoms with Crippen LogP contribution in [0, 0.1) is 0 Å². The minimum atomic E-state index is -0.853. The Bertz CT molecular complexity index is 1210. The van der Waals surface area contributed by atoms with Crippen molar-refractivity contribution < 1.29 is 38.4 Å². The van der Waals surface area contributed by atoms with Gasteiger partial charge in [0.15, 0.2) is 11.5 Å². The Balaban J connectivity index is 1.72. The third-order valence-electron chi connectivity index (χ3n) is 7.41. The molecular formula is C31H40N2O8. The zero-order valence-corrected chi connectivity index (χ0v) is 24.3. The summed E-state index contributed by atoms with van der Waals surface area (Å²) in [5, 5.41) is 11.5. The van der Waals surface area contributed by atoms with Crippen LogP contribution in [0.25, 0.3) is 5.76 Å². The maximum Gasteiger partial charge on any atom is 0.295 e. The van der Waals surface area contributed by atoms with Crippen molar-refractivity contribution in [2.45, 2.75) is 32.2 Å². The van der Waals surface area contributed by atoms with Crippen molar-refractivity contribution in [1.29, 1.82) is 0 Å². The van der Waals surface area contributed by atoms with E-state index in [0.29, 0.717) is 66.9 Å². The first-order valence-electron chi connectivity index (χ1n) is 14.0. The minimum absolute atomic E-state index is 0.00953. The van der Waals surface area contributed by atoms with Gasteiger partial charge < -0.3 is 33.7 Å². The molecule has 1 atom stereocenters. The monoisotopic (exact) mass is 568 g/mol. The summed E-state index contributed by atoms with van der Waals surface area (Å²) in [5.41, 5.74) is 0.984. The van der Waals surface area contributed by atoms with Crippen LogP contribution in [0.4, 0.5) is 0 Å². The molecule has 1 N–H and O–H groups in total. The molecule has 2 fully saturated rings. The van der Waals surface area contributed by atoms with E-state index in [2.05, 4.69) is 11.8 Å². The molecule has 2 aliphatic heterocycles. The van der Waals surface area contributed by atoms with Gasteiger partial charge in [0, 0.05) is 31.7 Å². The number of morpholine rings is 1. The number of methoxy groups -OCH3 is 3. The molecule has 2 heterocycles. The molecule has 0 aliphatic carbocycles. The van der Waals surface area contributed by atoms with E-state index in [0.717, 1.165) is 32.5 Å². The van der Waals surface area contributed by atoms with Crippen LogP contribution in [0.1, 0.15) is 43.4 Å². The number of aliphatic hydroxyl groups is 1. The van der Waals surface area contributed by atoms with Gasteiger partial charge in [0.05, 0.1) is 52.8 Å². The number of amides is 1. The highest BCUT2D eigenvalue weighted by molar-refractivity contribution is 6.46. The van der Waals surface area contributed by atoms with Crippen molar-refractivity contribution in [2.24, 2.45) is 0 Å². The zero-order chi connectivity index (χ0) is 29.4. The summed E-state index contributed by atoms with van der Waals surface area (Å²) >= 11 is 0. The Labute approximate surface area is 241 Å². The molecule has 0 bridgehead atoms. The van der Waals surface area contributed by atoms with E-state index in [4.69, 9.17) is 23.7 Å². The Morgan fingerprint density at radius 2 is 1.61 bits per heavy atom. The average molecular weight is 569 g/mol. The second-order valence-electron chi connectivity index (χ2n) is 9.99. The molecule has 2 saturated heterocycles. The molecule has 2 aliphatic rings. The van der Waals surface area contributed by atoms with Gasteiger partial charge in [-0.2, -0.15) is 0 Å². The Morgan fingerprint density at radius 1 is 0.951 bits per heavy atom. The van der Waals surface area contributed by atoms with E-state index in [1.165, 1.54) is 26.2 Å². The third kappa shape index (κ3) is 6.77. The molecular weight excluding hydrogens is 528 g/mol. The third-order valence-corrected chi connectivity index (χ3v) is 7.41. The van der Waals surface area contributed by atoms with Crippen LogP contribution in [0.3, 0.4) is 0 Å². The van der Waals surface area contributed by atoms with Crippen LogP contribution in [0.15, 0.2) is 42.0 Å². The Kier molecular flexibility index (Phi) is 10.5. The average Bonchev–Trinajstić information content (AvgIpc) is 3.26. The fourth-order valence-electron chi connectivity index (χ4n) is 5.20. The summed E-state index contributed by atoms with van der Waals surface area (Å²) in [6.07, 6.45) is 2.61. The highest BCUT2D eigenvalue weighted by Crippen LogP contribution is 2.45. The van der Waals surface area contributed by atoms with Gasteiger partial charge in [-0.3, -0.25) is 14.5 Å². The van der Waals surface area contributed by atoms with Gasteiger partial charge in [-0.15, -0.1) is 0 Å². The molecule has 2 aromatic carbocycles. The first-order valence-corrected chi connectivity index (χ1v) is 14.0. The van der Waals surface area contributed by atoms with Gasteiger partial charge in [-0.25, -0.2) is 0 Å². The molecule has 0 radical (unpaired) electrons. The van der Waals surface area contributed by atoms with E-state index in [-0.39, 0.29) is 11.3 Å². The summed E-state index contributed by atoms with van der Waals surface area (Å²) in [7, 11) is 4.52. The summed E-state index contributed by atoms with van der Waals surface area (Å²) in [6.45, 7) is 6.78. The second kappa shape index (κ2) is 14.2. The fraction of sp³-hybridized carbons (Fsp3) is 0.484. The highest BCUT2D eigenvalue weighted by atomic mass is 16.5. The van der Waals surface area contributed by atoms with E-state index in [9.17, 15) is 14.7 Å². The molecule has 0 spiro atoms. The van der Waals surface area contributed by atoms with Crippen LogP contribution in [-0.4, -0.2) is 93.9 Å². The van der Waals surface area contributed by atoms with Gasteiger partial charge in [-0.05, 0) is 54.8 Å². The number of hydrogen-bond acceptors (Lipinski definition) is 9. The van der Waals surface area contributed by atoms with Crippen molar-refractivity contribution in [3.05, 3.63) is 53.1 Å². The number of aliphatic hydroxyl groups excluding tert-OH is 1. The van der Waals surface area contributed by atoms with Gasteiger partial charge in [0.2, 0.25) is 5.75 Å². The lowest BCUT2D eigenvalue weighted by molar-refractivity contribution is -0.140. The molecule has 1 unspecified atom stereocenters. The van der Waals surface area contributed by atoms with Gasteiger partial charge in [0.25, 0.3) is 11.7 Å². The number of ether oxygens (including phenoxy) is 5. The van der Waals surface area contributed by atoms with Crippen LogP contribution in [-0.2, 0) is 14.3 Å². The van der Waals surface area contributed by atoms with Crippen LogP contribution < -0.4 is 18.9 Å². The summed E-state index contributed by atoms with van der Waals surface area (Å²) in [4.78, 5) is 30.7. The van der Waals surface area contributed by atoms with Gasteiger partial charge >= 0.3 is 0 Å². The van der Waals surface area contributed by atoms with Gasteiger partial charge in [-0.1, -0.05) is 13.3 Å². The number of carbonyl (C=O) groups excluding carboxylic acids is 2. The highest BCUT2D eigenvalue weighted by Gasteiger charge is 2.46. The van der Waals surface area contributed by atoms with E-state index in [1.807, 2.05) is 0 Å². The fourth-order valence-corrected chi connectivity index (χ4v) is 5.20. The number of unbranched alkanes of at least 4 members (excludes halogenated alkanes) is 1. The van der Waals surface area contributed by atoms with Crippen molar-refractivity contribution in [3.8, 4) is 23.0 Å². The molecule has 4 rings (SSSR count). The first kappa shape index (κ1) is 30.2. The van der Waals surface area contributed by atoms with Crippen LogP contribution in [0.2, 0.25) is 0 Å². The Hall–Kier alpha value is -3.76. The van der Waals surface area contributed by atoms with Crippen molar-refractivity contribution >= 4 is 17.4 Å². The maximum absolute atomic E-state index is 13.5. The van der Waals surface area contributed by atoms with E-state index in [1.54, 1.807) is 36.4 Å². The summed E-state index contributed by atoms with van der Waals surface area (Å²) in [6, 6.07) is 9.45. The molecule has 0 aromatic heterocycles. The summed E-state index contributed by atoms with van der Waals surface area (Å²) in [5.74, 6) is 0.172. The van der Waals surface area contributed by atoms with E-state index >= 15 is 0 Å². The molecule has 41 heavy (non-hydrogen) atoms. The lowest BCUT2D eigenvalue weighted by Gasteiger charge is -2.29. The predicted molar refractivity (Wildman–Crippen MR) is 154 cm³/mol. The number of ketones is 1. The van der Waals surface area contributed by atoms with Crippen LogP contribution in [0.5, 0.6) is 23.0 Å². The lowest BCUT2D eigenvalue weighted by atomic mass is 9.94. The van der Waals surface area contributed by atoms with Crippen molar-refractivity contribution in [3.63, 3.8) is 0 Å². The quantitative estimate of drug-likeness (QED) is 0.166. The number of carbonyl (C=O) groups is 2. The number of Topliss-reactive ketones (excluding diaryl/α,β-unsaturated/α-hetero) is 1. The second-order valence-corrected chi connectivity index (χ2v) is 9.99. The van der Waals surface area contributed by atoms with E-state index < -0.39 is 17.7 Å². The molecule has 10 heteroatoms. The number of nitrogens with zero attached hydrogens (tertiary/aromatic N) is 2. The van der Waals surface area contributed by atoms with Gasteiger partial charge in [0.1, 0.15) is 11.5 Å². The van der Waals surface area contributed by atoms with Crippen LogP contribution >= 0.6 is 0 Å². The standard InChI is InChI=1S/C31H40N2O8/c1-5-6-16-41-23-10-8-21(9-11-23)28(34)26-27(22-19-24(37-2)30(39-4)25(20-22)38-3)33(31(36)29(26)35)13-7-12-32-14-17-40-18-15-32/h8-11,19-20,27,34H,5-7,12-18H2,1-4H3/b28-26+. The molecule has 0 saturated carbocycles. The summed E-state index contributed by atoms with van der Waals surface area (Å²) < 4.78 is 27.8. The minimum Gasteiger partial charge on any atom is -0.507 e. The zero-order valence-electron chi connectivity index (χ0n) is 24.3. The largest absolute Gasteiger partial charge is 0.507 e. The maximum atomic E-state index is 13.5. The lowest BCUT2D eigenvalue weighted by Crippen LogP contribution is -2.39. The molecule has 2 aromatic rings. The predicted octanol–water partition coefficient (Wildman–Crippen LogP) is 4.04. The molecule has 222 valence electrons. The van der Waals surface area contributed by atoms with Crippen molar-refractivity contribution in [1.82, 2.24) is 9.80 Å². The number of likely N-dealkylation sites (tertiary alicyclic amines) is 1. The normalized spacial score (nSPS) is 18.9. The number of rotatable bonds is 13. The topological polar surface area (TPSA) is 107 Å². The molecule has 1 amide bonds. The molecule has 10 nitrogen and oxygen atoms in total. The first-order chi connectivity index (χ1) is 19.9. The number of hydrogen-bond donors (Lipinski definition) is 1. The van der Waals surface area contributed by atoms with Crippen molar-refractivity contribution in [2.75, 3.05) is 67.3 Å². The Morgan fingerprint density at radius 3 is 2.20 bits per heavy atom.